The molecule has 0 fully saturated rings. The predicted octanol–water partition coefficient (Wildman–Crippen LogP) is 7.02. The molecule has 23 heavy (non-hydrogen) atoms. The molecule has 0 bridgehead atoms. The van der Waals surface area contributed by atoms with Crippen LogP contribution in [0.4, 0.5) is 0 Å². The maximum absolute atomic E-state index is 5.95. The van der Waals surface area contributed by atoms with E-state index in [1.165, 1.54) is 62.5 Å². The number of allylic oxidation sites excluding steroid dienone is 2. The van der Waals surface area contributed by atoms with Crippen LogP contribution in [-0.2, 0) is 0 Å². The zero-order chi connectivity index (χ0) is 16.5. The van der Waals surface area contributed by atoms with Gasteiger partial charge in [0.2, 0.25) is 0 Å². The normalized spacial score (nSPS) is 19.3. The maximum Gasteiger partial charge on any atom is 0.119 e. The van der Waals surface area contributed by atoms with Crippen LogP contribution < -0.4 is 4.74 Å². The minimum atomic E-state index is 0.309. The molecule has 0 spiro atoms. The fraction of sp³-hybridized carbons (Fsp3) is 0.636. The Balaban J connectivity index is 1.85. The zero-order valence-electron chi connectivity index (χ0n) is 15.3. The molecule has 0 amide bonds. The lowest BCUT2D eigenvalue weighted by Gasteiger charge is -2.22. The third-order valence-corrected chi connectivity index (χ3v) is 4.99. The van der Waals surface area contributed by atoms with Gasteiger partial charge < -0.3 is 4.74 Å². The molecule has 1 heteroatoms. The summed E-state index contributed by atoms with van der Waals surface area (Å²) in [4.78, 5) is 0. The molecule has 0 aromatic heterocycles. The van der Waals surface area contributed by atoms with Gasteiger partial charge in [-0.2, -0.15) is 0 Å². The minimum Gasteiger partial charge on any atom is -0.491 e. The van der Waals surface area contributed by atoms with Crippen LogP contribution in [0.15, 0.2) is 30.3 Å². The third-order valence-electron chi connectivity index (χ3n) is 4.99. The Labute approximate surface area is 143 Å². The first-order valence-corrected chi connectivity index (χ1v) is 9.69. The molecule has 128 valence electrons. The van der Waals surface area contributed by atoms with Gasteiger partial charge in [0.05, 0.1) is 6.10 Å². The molecule has 1 aliphatic rings. The van der Waals surface area contributed by atoms with Crippen LogP contribution in [0.3, 0.4) is 0 Å². The number of ether oxygens (including phenoxy) is 1. The average Bonchev–Trinajstić information content (AvgIpc) is 2.57. The summed E-state index contributed by atoms with van der Waals surface area (Å²) in [5.41, 5.74) is 2.91. The highest BCUT2D eigenvalue weighted by molar-refractivity contribution is 5.66. The molecule has 0 heterocycles. The number of benzene rings is 1. The van der Waals surface area contributed by atoms with E-state index in [0.717, 1.165) is 18.1 Å². The lowest BCUT2D eigenvalue weighted by atomic mass is 9.84. The Bertz CT molecular complexity index is 471. The molecule has 0 radical (unpaired) electrons. The Morgan fingerprint density at radius 2 is 1.87 bits per heavy atom. The van der Waals surface area contributed by atoms with Crippen LogP contribution in [0, 0.1) is 5.92 Å². The minimum absolute atomic E-state index is 0.309. The van der Waals surface area contributed by atoms with Gasteiger partial charge in [0.1, 0.15) is 5.75 Å². The fourth-order valence-corrected chi connectivity index (χ4v) is 3.54. The van der Waals surface area contributed by atoms with Crippen molar-refractivity contribution in [3.63, 3.8) is 0 Å². The number of rotatable bonds is 9. The van der Waals surface area contributed by atoms with Crippen LogP contribution >= 0.6 is 0 Å². The Hall–Kier alpha value is -1.24. The van der Waals surface area contributed by atoms with Crippen LogP contribution in [0.5, 0.6) is 5.75 Å². The van der Waals surface area contributed by atoms with E-state index in [-0.39, 0.29) is 0 Å². The van der Waals surface area contributed by atoms with Crippen LogP contribution in [0.25, 0.3) is 5.57 Å². The molecular formula is C22H34O. The second kappa shape index (κ2) is 9.80. The summed E-state index contributed by atoms with van der Waals surface area (Å²) in [6.07, 6.45) is 14.5. The Morgan fingerprint density at radius 3 is 2.48 bits per heavy atom. The van der Waals surface area contributed by atoms with Crippen molar-refractivity contribution in [2.45, 2.75) is 84.7 Å². The van der Waals surface area contributed by atoms with Gasteiger partial charge in [-0.3, -0.25) is 0 Å². The van der Waals surface area contributed by atoms with Crippen LogP contribution in [0.1, 0.15) is 84.1 Å². The van der Waals surface area contributed by atoms with Crippen LogP contribution in [-0.4, -0.2) is 6.10 Å². The van der Waals surface area contributed by atoms with Gasteiger partial charge in [-0.05, 0) is 61.8 Å². The SMILES string of the molecule is CCCCCC1CC=C(c2ccc(OC(C)CCC)cc2)CC1. The van der Waals surface area contributed by atoms with Gasteiger partial charge in [-0.25, -0.2) is 0 Å². The summed E-state index contributed by atoms with van der Waals surface area (Å²) >= 11 is 0. The van der Waals surface area contributed by atoms with Crippen molar-refractivity contribution in [2.75, 3.05) is 0 Å². The van der Waals surface area contributed by atoms with E-state index in [1.807, 2.05) is 0 Å². The molecule has 1 nitrogen and oxygen atoms in total. The summed E-state index contributed by atoms with van der Waals surface area (Å²) < 4.78 is 5.95. The topological polar surface area (TPSA) is 9.23 Å². The molecule has 0 aliphatic heterocycles. The highest BCUT2D eigenvalue weighted by atomic mass is 16.5. The van der Waals surface area contributed by atoms with Gasteiger partial charge in [0.15, 0.2) is 0 Å². The van der Waals surface area contributed by atoms with E-state index in [4.69, 9.17) is 4.74 Å². The average molecular weight is 315 g/mol. The third kappa shape index (κ3) is 6.05. The summed E-state index contributed by atoms with van der Waals surface area (Å²) in [5, 5.41) is 0. The van der Waals surface area contributed by atoms with Crippen molar-refractivity contribution in [1.29, 1.82) is 0 Å². The Morgan fingerprint density at radius 1 is 1.09 bits per heavy atom. The molecule has 1 aromatic rings. The predicted molar refractivity (Wildman–Crippen MR) is 101 cm³/mol. The summed E-state index contributed by atoms with van der Waals surface area (Å²) in [6, 6.07) is 8.74. The monoisotopic (exact) mass is 314 g/mol. The Kier molecular flexibility index (Phi) is 7.71. The van der Waals surface area contributed by atoms with Crippen molar-refractivity contribution in [3.05, 3.63) is 35.9 Å². The summed E-state index contributed by atoms with van der Waals surface area (Å²) in [6.45, 7) is 6.64. The molecule has 0 saturated heterocycles. The van der Waals surface area contributed by atoms with Gasteiger partial charge in [0.25, 0.3) is 0 Å². The lowest BCUT2D eigenvalue weighted by molar-refractivity contribution is 0.210. The highest BCUT2D eigenvalue weighted by Crippen LogP contribution is 2.33. The second-order valence-electron chi connectivity index (χ2n) is 7.11. The van der Waals surface area contributed by atoms with Crippen molar-refractivity contribution < 1.29 is 4.74 Å². The molecule has 1 aromatic carbocycles. The van der Waals surface area contributed by atoms with E-state index in [9.17, 15) is 0 Å². The smallest absolute Gasteiger partial charge is 0.119 e. The highest BCUT2D eigenvalue weighted by Gasteiger charge is 2.15. The van der Waals surface area contributed by atoms with E-state index < -0.39 is 0 Å². The van der Waals surface area contributed by atoms with E-state index in [2.05, 4.69) is 51.1 Å². The molecule has 0 saturated carbocycles. The van der Waals surface area contributed by atoms with E-state index >= 15 is 0 Å². The number of hydrogen-bond acceptors (Lipinski definition) is 1. The maximum atomic E-state index is 5.95. The van der Waals surface area contributed by atoms with Crippen molar-refractivity contribution in [2.24, 2.45) is 5.92 Å². The van der Waals surface area contributed by atoms with Gasteiger partial charge >= 0.3 is 0 Å². The quantitative estimate of drug-likeness (QED) is 0.445. The van der Waals surface area contributed by atoms with Crippen LogP contribution in [0.2, 0.25) is 0 Å². The fourth-order valence-electron chi connectivity index (χ4n) is 3.54. The first kappa shape index (κ1) is 18.1. The van der Waals surface area contributed by atoms with Gasteiger partial charge in [-0.1, -0.05) is 64.2 Å². The number of unbranched alkanes of at least 4 members (excludes halogenated alkanes) is 2. The standard InChI is InChI=1S/C22H34O/c1-4-6-7-9-19-10-12-20(13-11-19)21-14-16-22(17-15-21)23-18(3)8-5-2/h12,14-19H,4-11,13H2,1-3H3. The lowest BCUT2D eigenvalue weighted by Crippen LogP contribution is -2.10. The largest absolute Gasteiger partial charge is 0.491 e. The van der Waals surface area contributed by atoms with Gasteiger partial charge in [0, 0.05) is 0 Å². The molecular weight excluding hydrogens is 280 g/mol. The number of hydrogen-bond donors (Lipinski definition) is 0. The molecule has 2 unspecified atom stereocenters. The van der Waals surface area contributed by atoms with E-state index in [1.54, 1.807) is 0 Å². The molecule has 1 aliphatic carbocycles. The van der Waals surface area contributed by atoms with E-state index in [0.29, 0.717) is 6.10 Å². The van der Waals surface area contributed by atoms with Crippen molar-refractivity contribution in [3.8, 4) is 5.75 Å². The second-order valence-corrected chi connectivity index (χ2v) is 7.11. The van der Waals surface area contributed by atoms with Gasteiger partial charge in [-0.15, -0.1) is 0 Å². The molecule has 0 N–H and O–H groups in total. The molecule has 2 rings (SSSR count). The zero-order valence-corrected chi connectivity index (χ0v) is 15.3. The first-order valence-electron chi connectivity index (χ1n) is 9.69. The van der Waals surface area contributed by atoms with Crippen molar-refractivity contribution in [1.82, 2.24) is 0 Å². The summed E-state index contributed by atoms with van der Waals surface area (Å²) in [5.74, 6) is 1.92. The van der Waals surface area contributed by atoms with Crippen molar-refractivity contribution >= 4 is 5.57 Å². The first-order chi connectivity index (χ1) is 11.2. The molecule has 2 atom stereocenters. The summed E-state index contributed by atoms with van der Waals surface area (Å²) in [7, 11) is 0.